The van der Waals surface area contributed by atoms with Crippen molar-refractivity contribution in [1.29, 1.82) is 0 Å². The molecule has 0 spiro atoms. The normalized spacial score (nSPS) is 10.2. The summed E-state index contributed by atoms with van der Waals surface area (Å²) >= 11 is 0. The molecule has 0 amide bonds. The van der Waals surface area contributed by atoms with Gasteiger partial charge in [0.15, 0.2) is 5.58 Å². The molecule has 88 valence electrons. The van der Waals surface area contributed by atoms with E-state index < -0.39 is 0 Å². The van der Waals surface area contributed by atoms with Crippen molar-refractivity contribution in [1.82, 2.24) is 9.97 Å². The number of nitrogens with zero attached hydrogens (tertiary/aromatic N) is 2. The zero-order chi connectivity index (χ0) is 12.2. The van der Waals surface area contributed by atoms with Crippen LogP contribution >= 0.6 is 0 Å². The molecule has 0 saturated heterocycles. The molecule has 18 heavy (non-hydrogen) atoms. The van der Waals surface area contributed by atoms with Gasteiger partial charge in [0, 0.05) is 30.0 Å². The van der Waals surface area contributed by atoms with Gasteiger partial charge in [0.05, 0.1) is 12.5 Å². The molecule has 0 fully saturated rings. The van der Waals surface area contributed by atoms with Crippen LogP contribution in [0.25, 0.3) is 22.1 Å². The Morgan fingerprint density at radius 1 is 0.833 bits per heavy atom. The summed E-state index contributed by atoms with van der Waals surface area (Å²) in [6.45, 7) is 0. The highest BCUT2D eigenvalue weighted by molar-refractivity contribution is 5.75. The summed E-state index contributed by atoms with van der Waals surface area (Å²) in [5.41, 5.74) is 2.65. The predicted molar refractivity (Wildman–Crippen MR) is 68.0 cm³/mol. The summed E-state index contributed by atoms with van der Waals surface area (Å²) in [6.07, 6.45) is 8.53. The summed E-state index contributed by atoms with van der Waals surface area (Å²) in [5.74, 6) is 0. The van der Waals surface area contributed by atoms with Gasteiger partial charge in [0.1, 0.15) is 11.1 Å². The number of rotatable bonds is 0. The van der Waals surface area contributed by atoms with E-state index in [9.17, 15) is 0 Å². The number of fused-ring (bicyclic) bond motifs is 2. The van der Waals surface area contributed by atoms with Gasteiger partial charge in [-0.05, 0) is 24.3 Å². The average Bonchev–Trinajstić information content (AvgIpc) is 3.08. The quantitative estimate of drug-likeness (QED) is 0.469. The monoisotopic (exact) mass is 238 g/mol. The smallest absolute Gasteiger partial charge is 0.152 e. The van der Waals surface area contributed by atoms with Gasteiger partial charge in [-0.15, -0.1) is 0 Å². The number of pyridine rings is 2. The Hall–Kier alpha value is -2.62. The minimum atomic E-state index is 0.845. The largest absolute Gasteiger partial charge is 0.464 e. The van der Waals surface area contributed by atoms with Crippen LogP contribution in [0.15, 0.2) is 70.3 Å². The molecule has 4 aromatic rings. The third kappa shape index (κ3) is 2.08. The van der Waals surface area contributed by atoms with Gasteiger partial charge in [-0.2, -0.15) is 0 Å². The fourth-order valence-electron chi connectivity index (χ4n) is 1.61. The second kappa shape index (κ2) is 4.71. The highest BCUT2D eigenvalue weighted by Gasteiger charge is 1.91. The molecule has 0 N–H and O–H groups in total. The molecule has 0 atom stereocenters. The lowest BCUT2D eigenvalue weighted by Gasteiger charge is -1.80. The standard InChI is InChI=1S/2C7H5NO/c1-3-8-5-6-2-4-9-7(1)6;1-2-7-6(8-4-1)3-5-9-7/h2*1-5H. The first-order chi connectivity index (χ1) is 8.93. The fourth-order valence-corrected chi connectivity index (χ4v) is 1.61. The van der Waals surface area contributed by atoms with Crippen molar-refractivity contribution >= 4 is 22.1 Å². The van der Waals surface area contributed by atoms with Crippen molar-refractivity contribution < 1.29 is 8.83 Å². The maximum absolute atomic E-state index is 5.08. The number of hydrogen-bond donors (Lipinski definition) is 0. The lowest BCUT2D eigenvalue weighted by Crippen LogP contribution is -1.66. The first-order valence-electron chi connectivity index (χ1n) is 5.49. The summed E-state index contributed by atoms with van der Waals surface area (Å²) < 4.78 is 10.1. The van der Waals surface area contributed by atoms with E-state index >= 15 is 0 Å². The molecule has 0 aliphatic carbocycles. The van der Waals surface area contributed by atoms with Gasteiger partial charge >= 0.3 is 0 Å². The minimum absolute atomic E-state index is 0.845. The van der Waals surface area contributed by atoms with Crippen LogP contribution in [0, 0.1) is 0 Å². The molecule has 0 aliphatic heterocycles. The number of furan rings is 2. The van der Waals surface area contributed by atoms with Gasteiger partial charge in [-0.25, -0.2) is 0 Å². The molecule has 0 saturated carbocycles. The SMILES string of the molecule is c1cc2occc2cn1.c1cnc2ccoc2c1. The molecular weight excluding hydrogens is 228 g/mol. The Bertz CT molecular complexity index is 632. The van der Waals surface area contributed by atoms with E-state index in [1.54, 1.807) is 31.1 Å². The van der Waals surface area contributed by atoms with Gasteiger partial charge in [0.25, 0.3) is 0 Å². The predicted octanol–water partition coefficient (Wildman–Crippen LogP) is 3.66. The van der Waals surface area contributed by atoms with Crippen molar-refractivity contribution in [3.63, 3.8) is 0 Å². The highest BCUT2D eigenvalue weighted by Crippen LogP contribution is 2.11. The second-order valence-corrected chi connectivity index (χ2v) is 3.64. The van der Waals surface area contributed by atoms with Gasteiger partial charge in [-0.3, -0.25) is 9.97 Å². The van der Waals surface area contributed by atoms with Gasteiger partial charge in [0.2, 0.25) is 0 Å². The van der Waals surface area contributed by atoms with Crippen LogP contribution in [-0.2, 0) is 0 Å². The van der Waals surface area contributed by atoms with Crippen molar-refractivity contribution in [2.45, 2.75) is 0 Å². The highest BCUT2D eigenvalue weighted by atomic mass is 16.3. The molecule has 0 unspecified atom stereocenters. The fraction of sp³-hybridized carbons (Fsp3) is 0. The Morgan fingerprint density at radius 2 is 1.72 bits per heavy atom. The minimum Gasteiger partial charge on any atom is -0.464 e. The van der Waals surface area contributed by atoms with E-state index in [0.717, 1.165) is 22.1 Å². The molecule has 4 nitrogen and oxygen atoms in total. The molecule has 4 heterocycles. The lowest BCUT2D eigenvalue weighted by molar-refractivity contribution is 0.615. The van der Waals surface area contributed by atoms with Crippen LogP contribution in [0.4, 0.5) is 0 Å². The van der Waals surface area contributed by atoms with Crippen LogP contribution < -0.4 is 0 Å². The molecule has 4 rings (SSSR count). The third-order valence-electron chi connectivity index (χ3n) is 2.47. The Balaban J connectivity index is 0.000000111. The summed E-state index contributed by atoms with van der Waals surface area (Å²) in [6, 6.07) is 9.32. The van der Waals surface area contributed by atoms with E-state index in [2.05, 4.69) is 9.97 Å². The average molecular weight is 238 g/mol. The topological polar surface area (TPSA) is 52.1 Å². The molecule has 0 radical (unpaired) electrons. The summed E-state index contributed by atoms with van der Waals surface area (Å²) in [5, 5.41) is 1.05. The van der Waals surface area contributed by atoms with Crippen LogP contribution in [0.2, 0.25) is 0 Å². The van der Waals surface area contributed by atoms with Crippen molar-refractivity contribution in [2.75, 3.05) is 0 Å². The zero-order valence-corrected chi connectivity index (χ0v) is 9.48. The van der Waals surface area contributed by atoms with E-state index in [1.165, 1.54) is 0 Å². The van der Waals surface area contributed by atoms with E-state index in [-0.39, 0.29) is 0 Å². The Kier molecular flexibility index (Phi) is 2.75. The Morgan fingerprint density at radius 3 is 2.61 bits per heavy atom. The van der Waals surface area contributed by atoms with Crippen LogP contribution in [0.1, 0.15) is 0 Å². The molecule has 4 heteroatoms. The van der Waals surface area contributed by atoms with Crippen molar-refractivity contribution in [3.05, 3.63) is 61.4 Å². The number of hydrogen-bond acceptors (Lipinski definition) is 4. The molecule has 4 aromatic heterocycles. The summed E-state index contributed by atoms with van der Waals surface area (Å²) in [7, 11) is 0. The van der Waals surface area contributed by atoms with Crippen LogP contribution in [-0.4, -0.2) is 9.97 Å². The van der Waals surface area contributed by atoms with Crippen molar-refractivity contribution in [3.8, 4) is 0 Å². The summed E-state index contributed by atoms with van der Waals surface area (Å²) in [4.78, 5) is 7.97. The molecule has 0 aliphatic rings. The van der Waals surface area contributed by atoms with E-state index in [4.69, 9.17) is 8.83 Å². The Labute approximate surface area is 103 Å². The van der Waals surface area contributed by atoms with Gasteiger partial charge in [-0.1, -0.05) is 0 Å². The third-order valence-corrected chi connectivity index (χ3v) is 2.47. The van der Waals surface area contributed by atoms with Crippen molar-refractivity contribution in [2.24, 2.45) is 0 Å². The van der Waals surface area contributed by atoms with Crippen LogP contribution in [0.5, 0.6) is 0 Å². The maximum atomic E-state index is 5.08. The molecular formula is C14H10N2O2. The maximum Gasteiger partial charge on any atom is 0.152 e. The second-order valence-electron chi connectivity index (χ2n) is 3.64. The van der Waals surface area contributed by atoms with E-state index in [1.807, 2.05) is 30.3 Å². The molecule has 0 aromatic carbocycles. The number of aromatic nitrogens is 2. The van der Waals surface area contributed by atoms with Crippen LogP contribution in [0.3, 0.4) is 0 Å². The lowest BCUT2D eigenvalue weighted by atomic mass is 10.3. The first-order valence-corrected chi connectivity index (χ1v) is 5.49. The molecule has 0 bridgehead atoms. The van der Waals surface area contributed by atoms with E-state index in [0.29, 0.717) is 0 Å². The first kappa shape index (κ1) is 10.5. The zero-order valence-electron chi connectivity index (χ0n) is 9.48. The van der Waals surface area contributed by atoms with Gasteiger partial charge < -0.3 is 8.83 Å².